The molecule has 0 amide bonds. The van der Waals surface area contributed by atoms with Crippen LogP contribution in [0, 0.1) is 11.3 Å². The average molecular weight is 305 g/mol. The van der Waals surface area contributed by atoms with Gasteiger partial charge in [0.15, 0.2) is 10.9 Å². The van der Waals surface area contributed by atoms with Crippen LogP contribution in [0.4, 0.5) is 0 Å². The Bertz CT molecular complexity index is 772. The number of rotatable bonds is 4. The van der Waals surface area contributed by atoms with E-state index in [4.69, 9.17) is 14.8 Å². The second-order valence-electron chi connectivity index (χ2n) is 4.60. The van der Waals surface area contributed by atoms with Gasteiger partial charge in [-0.3, -0.25) is 9.59 Å². The Balaban J connectivity index is 2.55. The van der Waals surface area contributed by atoms with E-state index in [0.29, 0.717) is 0 Å². The van der Waals surface area contributed by atoms with Gasteiger partial charge in [0.2, 0.25) is 0 Å². The van der Waals surface area contributed by atoms with Gasteiger partial charge in [-0.05, 0) is 26.0 Å². The molecule has 0 fully saturated rings. The van der Waals surface area contributed by atoms with Gasteiger partial charge in [-0.25, -0.2) is 4.98 Å². The van der Waals surface area contributed by atoms with Crippen molar-refractivity contribution in [3.63, 3.8) is 0 Å². The highest BCUT2D eigenvalue weighted by Gasteiger charge is 2.30. The average Bonchev–Trinajstić information content (AvgIpc) is 2.91. The van der Waals surface area contributed by atoms with Gasteiger partial charge in [0, 0.05) is 0 Å². The van der Waals surface area contributed by atoms with E-state index in [9.17, 15) is 9.59 Å². The monoisotopic (exact) mass is 305 g/mol. The summed E-state index contributed by atoms with van der Waals surface area (Å²) in [6.45, 7) is 2.98. The zero-order chi connectivity index (χ0) is 15.6. The van der Waals surface area contributed by atoms with Crippen LogP contribution in [-0.2, 0) is 4.79 Å². The van der Waals surface area contributed by atoms with E-state index < -0.39 is 16.3 Å². The van der Waals surface area contributed by atoms with Crippen LogP contribution < -0.4 is 5.56 Å². The molecule has 0 aromatic carbocycles. The lowest BCUT2D eigenvalue weighted by Gasteiger charge is -2.17. The molecule has 0 saturated carbocycles. The molecule has 2 aromatic heterocycles. The summed E-state index contributed by atoms with van der Waals surface area (Å²) in [6, 6.07) is 4.95. The quantitative estimate of drug-likeness (QED) is 0.653. The van der Waals surface area contributed by atoms with Crippen molar-refractivity contribution >= 4 is 17.7 Å². The molecule has 0 saturated heterocycles. The van der Waals surface area contributed by atoms with Crippen molar-refractivity contribution in [2.75, 3.05) is 0 Å². The van der Waals surface area contributed by atoms with E-state index in [1.165, 1.54) is 20.1 Å². The number of carboxylic acid groups (broad SMARTS) is 1. The Hall–Kier alpha value is -2.53. The minimum absolute atomic E-state index is 0.0925. The van der Waals surface area contributed by atoms with Gasteiger partial charge in [-0.15, -0.1) is 0 Å². The molecule has 2 N–H and O–H groups in total. The summed E-state index contributed by atoms with van der Waals surface area (Å²) in [6.07, 6.45) is 1.40. The molecule has 2 rings (SSSR count). The van der Waals surface area contributed by atoms with Crippen LogP contribution in [-0.4, -0.2) is 25.8 Å². The number of carboxylic acids is 1. The number of H-pyrrole nitrogens is 1. The number of thioether (sulfide) groups is 1. The number of aromatic nitrogens is 2. The van der Waals surface area contributed by atoms with Crippen LogP contribution in [0.15, 0.2) is 32.8 Å². The summed E-state index contributed by atoms with van der Waals surface area (Å²) in [7, 11) is 0. The first kappa shape index (κ1) is 14.9. The van der Waals surface area contributed by atoms with Crippen LogP contribution in [0.5, 0.6) is 0 Å². The van der Waals surface area contributed by atoms with Crippen LogP contribution in [0.1, 0.15) is 19.4 Å². The predicted octanol–water partition coefficient (Wildman–Crippen LogP) is 1.86. The summed E-state index contributed by atoms with van der Waals surface area (Å²) in [5.41, 5.74) is -0.722. The predicted molar refractivity (Wildman–Crippen MR) is 74.8 cm³/mol. The standard InChI is InChI=1S/C13H11N3O4S/c1-13(2,11(18)19)21-12-15-9(8-4-3-5-20-8)7(6-14)10(17)16-12/h3-5H,1-2H3,(H,18,19)(H,15,16,17). The van der Waals surface area contributed by atoms with Crippen molar-refractivity contribution in [2.45, 2.75) is 23.8 Å². The van der Waals surface area contributed by atoms with E-state index >= 15 is 0 Å². The van der Waals surface area contributed by atoms with Crippen LogP contribution in [0.25, 0.3) is 11.5 Å². The van der Waals surface area contributed by atoms with Crippen molar-refractivity contribution in [1.82, 2.24) is 9.97 Å². The molecule has 0 bridgehead atoms. The number of nitrogens with one attached hydrogen (secondary N) is 1. The Kier molecular flexibility index (Phi) is 3.86. The largest absolute Gasteiger partial charge is 0.480 e. The fourth-order valence-corrected chi connectivity index (χ4v) is 2.33. The SMILES string of the molecule is CC(C)(Sc1nc(-c2ccco2)c(C#N)c(=O)[nH]1)C(=O)O. The third-order valence-corrected chi connectivity index (χ3v) is 3.70. The third kappa shape index (κ3) is 2.98. The summed E-state index contributed by atoms with van der Waals surface area (Å²) in [5, 5.41) is 18.3. The summed E-state index contributed by atoms with van der Waals surface area (Å²) in [4.78, 5) is 29.6. The van der Waals surface area contributed by atoms with Crippen LogP contribution >= 0.6 is 11.8 Å². The molecular weight excluding hydrogens is 294 g/mol. The maximum absolute atomic E-state index is 11.9. The first-order valence-electron chi connectivity index (χ1n) is 5.86. The molecule has 8 heteroatoms. The van der Waals surface area contributed by atoms with Gasteiger partial charge in [0.1, 0.15) is 22.1 Å². The maximum Gasteiger partial charge on any atom is 0.319 e. The molecule has 21 heavy (non-hydrogen) atoms. The minimum atomic E-state index is -1.18. The Morgan fingerprint density at radius 1 is 1.57 bits per heavy atom. The number of aliphatic carboxylic acids is 1. The Labute approximate surface area is 123 Å². The summed E-state index contributed by atoms with van der Waals surface area (Å²) < 4.78 is 3.98. The fraction of sp³-hybridized carbons (Fsp3) is 0.231. The van der Waals surface area contributed by atoms with Gasteiger partial charge in [0.25, 0.3) is 5.56 Å². The highest BCUT2D eigenvalue weighted by Crippen LogP contribution is 2.31. The molecule has 7 nitrogen and oxygen atoms in total. The van der Waals surface area contributed by atoms with E-state index in [1.54, 1.807) is 18.2 Å². The molecule has 2 aromatic rings. The molecule has 0 aliphatic heterocycles. The van der Waals surface area contributed by atoms with Gasteiger partial charge in [0.05, 0.1) is 6.26 Å². The molecular formula is C13H11N3O4S. The third-order valence-electron chi connectivity index (χ3n) is 2.63. The number of furan rings is 1. The molecule has 0 spiro atoms. The first-order chi connectivity index (χ1) is 9.85. The molecule has 0 aliphatic carbocycles. The van der Waals surface area contributed by atoms with Crippen LogP contribution in [0.2, 0.25) is 0 Å². The minimum Gasteiger partial charge on any atom is -0.480 e. The molecule has 0 aliphatic rings. The molecule has 2 heterocycles. The Morgan fingerprint density at radius 3 is 2.81 bits per heavy atom. The van der Waals surface area contributed by atoms with Gasteiger partial charge < -0.3 is 14.5 Å². The van der Waals surface area contributed by atoms with Gasteiger partial charge in [-0.2, -0.15) is 5.26 Å². The number of aromatic amines is 1. The summed E-state index contributed by atoms with van der Waals surface area (Å²) >= 11 is 0.881. The van der Waals surface area contributed by atoms with E-state index in [-0.39, 0.29) is 22.2 Å². The lowest BCUT2D eigenvalue weighted by atomic mass is 10.2. The zero-order valence-electron chi connectivity index (χ0n) is 11.2. The number of carbonyl (C=O) groups is 1. The van der Waals surface area contributed by atoms with Crippen molar-refractivity contribution in [2.24, 2.45) is 0 Å². The second kappa shape index (κ2) is 5.46. The highest BCUT2D eigenvalue weighted by atomic mass is 32.2. The highest BCUT2D eigenvalue weighted by molar-refractivity contribution is 8.01. The molecule has 0 radical (unpaired) electrons. The lowest BCUT2D eigenvalue weighted by molar-refractivity contribution is -0.138. The Morgan fingerprint density at radius 2 is 2.29 bits per heavy atom. The van der Waals surface area contributed by atoms with E-state index in [1.807, 2.05) is 0 Å². The molecule has 0 atom stereocenters. The normalized spacial score (nSPS) is 11.1. The number of hydrogen-bond donors (Lipinski definition) is 2. The lowest BCUT2D eigenvalue weighted by Crippen LogP contribution is -2.28. The van der Waals surface area contributed by atoms with Gasteiger partial charge in [-0.1, -0.05) is 11.8 Å². The zero-order valence-corrected chi connectivity index (χ0v) is 12.0. The van der Waals surface area contributed by atoms with Crippen molar-refractivity contribution in [3.8, 4) is 17.5 Å². The number of nitrogens with zero attached hydrogens (tertiary/aromatic N) is 2. The topological polar surface area (TPSA) is 120 Å². The van der Waals surface area contributed by atoms with E-state index in [0.717, 1.165) is 11.8 Å². The van der Waals surface area contributed by atoms with Gasteiger partial charge >= 0.3 is 5.97 Å². The molecule has 108 valence electrons. The van der Waals surface area contributed by atoms with E-state index in [2.05, 4.69) is 9.97 Å². The van der Waals surface area contributed by atoms with Crippen molar-refractivity contribution < 1.29 is 14.3 Å². The maximum atomic E-state index is 11.9. The molecule has 0 unspecified atom stereocenters. The first-order valence-corrected chi connectivity index (χ1v) is 6.67. The number of hydrogen-bond acceptors (Lipinski definition) is 6. The van der Waals surface area contributed by atoms with Crippen LogP contribution in [0.3, 0.4) is 0 Å². The summed E-state index contributed by atoms with van der Waals surface area (Å²) in [5.74, 6) is -0.772. The fourth-order valence-electron chi connectivity index (χ4n) is 1.48. The smallest absolute Gasteiger partial charge is 0.319 e. The van der Waals surface area contributed by atoms with Crippen molar-refractivity contribution in [1.29, 1.82) is 5.26 Å². The number of nitriles is 1. The van der Waals surface area contributed by atoms with Crippen molar-refractivity contribution in [3.05, 3.63) is 34.3 Å². The second-order valence-corrected chi connectivity index (χ2v) is 6.21.